The molecule has 2 nitrogen and oxygen atoms in total. The molecular formula is C58H54N2. The molecule has 0 radical (unpaired) electrons. The minimum absolute atomic E-state index is 0.0111. The van der Waals surface area contributed by atoms with Crippen LogP contribution in [-0.4, -0.2) is 8.80 Å². The number of nitrogens with zero attached hydrogens (tertiary/aromatic N) is 2. The Balaban J connectivity index is 1.28. The van der Waals surface area contributed by atoms with Gasteiger partial charge in [0.2, 0.25) is 0 Å². The van der Waals surface area contributed by atoms with Crippen LogP contribution < -0.4 is 0 Å². The predicted octanol–water partition coefficient (Wildman–Crippen LogP) is 16.6. The maximum atomic E-state index is 2.59. The summed E-state index contributed by atoms with van der Waals surface area (Å²) in [6.07, 6.45) is 0. The highest BCUT2D eigenvalue weighted by Gasteiger charge is 2.27. The lowest BCUT2D eigenvalue weighted by molar-refractivity contribution is 0.590. The lowest BCUT2D eigenvalue weighted by Crippen LogP contribution is -2.11. The van der Waals surface area contributed by atoms with E-state index in [1.165, 1.54) is 131 Å². The molecule has 0 spiro atoms. The molecule has 0 fully saturated rings. The van der Waals surface area contributed by atoms with Crippen molar-refractivity contribution in [3.8, 4) is 0 Å². The number of aromatic nitrogens is 2. The first-order valence-corrected chi connectivity index (χ1v) is 22.0. The van der Waals surface area contributed by atoms with Crippen LogP contribution in [0.1, 0.15) is 105 Å². The molecule has 0 saturated carbocycles. The molecule has 296 valence electrons. The predicted molar refractivity (Wildman–Crippen MR) is 263 cm³/mol. The van der Waals surface area contributed by atoms with Gasteiger partial charge in [-0.1, -0.05) is 119 Å². The molecule has 0 amide bonds. The molecule has 12 rings (SSSR count). The largest absolute Gasteiger partial charge is 0.308 e. The molecule has 12 aromatic rings. The number of benzene rings is 8. The van der Waals surface area contributed by atoms with Gasteiger partial charge in [-0.05, 0) is 149 Å². The van der Waals surface area contributed by atoms with E-state index in [-0.39, 0.29) is 21.7 Å². The Morgan fingerprint density at radius 2 is 0.550 bits per heavy atom. The molecule has 2 heteroatoms. The van der Waals surface area contributed by atoms with Gasteiger partial charge in [0.15, 0.2) is 0 Å². The second-order valence-electron chi connectivity index (χ2n) is 22.4. The van der Waals surface area contributed by atoms with Crippen LogP contribution in [0.5, 0.6) is 0 Å². The lowest BCUT2D eigenvalue weighted by Gasteiger charge is -2.20. The normalized spacial score (nSPS) is 14.0. The van der Waals surface area contributed by atoms with Crippen LogP contribution in [0, 0.1) is 0 Å². The van der Waals surface area contributed by atoms with Crippen molar-refractivity contribution < 1.29 is 0 Å². The SMILES string of the molecule is CC(C)(C)c1ccc2c(c1)c1cc(C(C)(C)C)cc3c4cc5c6ccccc6c6cc7c8cc(C(C)(C)C)cc9c%10cc(C(C)(C)C)ccc%10n(c7cc6c5cc4n2c13)c98. The Hall–Kier alpha value is -5.86. The van der Waals surface area contributed by atoms with E-state index in [0.717, 1.165) is 0 Å². The summed E-state index contributed by atoms with van der Waals surface area (Å²) in [5.74, 6) is 0. The Bertz CT molecular complexity index is 3580. The van der Waals surface area contributed by atoms with Crippen LogP contribution in [0.3, 0.4) is 0 Å². The monoisotopic (exact) mass is 778 g/mol. The Morgan fingerprint density at radius 1 is 0.250 bits per heavy atom. The van der Waals surface area contributed by atoms with E-state index >= 15 is 0 Å². The molecule has 0 bridgehead atoms. The first kappa shape index (κ1) is 36.0. The minimum Gasteiger partial charge on any atom is -0.308 e. The van der Waals surface area contributed by atoms with Crippen molar-refractivity contribution >= 4 is 109 Å². The molecule has 60 heavy (non-hydrogen) atoms. The third-order valence-electron chi connectivity index (χ3n) is 14.3. The highest BCUT2D eigenvalue weighted by molar-refractivity contribution is 6.34. The van der Waals surface area contributed by atoms with E-state index in [0.29, 0.717) is 0 Å². The fraction of sp³-hybridized carbons (Fsp3) is 0.276. The van der Waals surface area contributed by atoms with Crippen molar-refractivity contribution in [3.63, 3.8) is 0 Å². The molecule has 4 aromatic heterocycles. The molecule has 0 aliphatic rings. The molecule has 0 N–H and O–H groups in total. The second-order valence-corrected chi connectivity index (χ2v) is 22.4. The second kappa shape index (κ2) is 11.1. The summed E-state index contributed by atoms with van der Waals surface area (Å²) in [4.78, 5) is 0. The van der Waals surface area contributed by atoms with E-state index < -0.39 is 0 Å². The first-order valence-electron chi connectivity index (χ1n) is 22.0. The van der Waals surface area contributed by atoms with Crippen LogP contribution in [0.2, 0.25) is 0 Å². The van der Waals surface area contributed by atoms with Gasteiger partial charge >= 0.3 is 0 Å². The lowest BCUT2D eigenvalue weighted by atomic mass is 9.84. The fourth-order valence-corrected chi connectivity index (χ4v) is 10.8. The molecule has 0 atom stereocenters. The average Bonchev–Trinajstić information content (AvgIpc) is 3.90. The highest BCUT2D eigenvalue weighted by Crippen LogP contribution is 2.49. The van der Waals surface area contributed by atoms with Crippen LogP contribution in [-0.2, 0) is 21.7 Å². The van der Waals surface area contributed by atoms with E-state index in [1.54, 1.807) is 0 Å². The zero-order valence-electron chi connectivity index (χ0n) is 37.3. The van der Waals surface area contributed by atoms with Crippen molar-refractivity contribution in [3.05, 3.63) is 131 Å². The third-order valence-corrected chi connectivity index (χ3v) is 14.3. The molecule has 4 heterocycles. The van der Waals surface area contributed by atoms with Gasteiger partial charge in [0.05, 0.1) is 33.1 Å². The Labute approximate surface area is 352 Å². The zero-order chi connectivity index (χ0) is 41.7. The van der Waals surface area contributed by atoms with Crippen LogP contribution in [0.4, 0.5) is 0 Å². The summed E-state index contributed by atoms with van der Waals surface area (Å²) in [6, 6.07) is 43.7. The van der Waals surface area contributed by atoms with Gasteiger partial charge in [0, 0.05) is 43.1 Å². The summed E-state index contributed by atoms with van der Waals surface area (Å²) >= 11 is 0. The standard InChI is InChI=1S/C58H54N2/c1-55(2,3)31-17-19-49-41(21-31)45-23-33(57(7,8)9)25-47-43-27-37-35-15-13-14-16-36(35)38-28-44-48-26-34(58(10,11)12)24-46-42-22-32(56(4,5)6)18-20-50(42)60(54(46)48)52(44)30-40(38)39(37)29-51(43)59(49)53(45)47/h13-30H,1-12H3. The van der Waals surface area contributed by atoms with Crippen molar-refractivity contribution in [1.82, 2.24) is 8.80 Å². The van der Waals surface area contributed by atoms with Gasteiger partial charge in [-0.2, -0.15) is 0 Å². The summed E-state index contributed by atoms with van der Waals surface area (Å²) < 4.78 is 5.17. The Kier molecular flexibility index (Phi) is 6.66. The van der Waals surface area contributed by atoms with E-state index in [9.17, 15) is 0 Å². The van der Waals surface area contributed by atoms with Crippen LogP contribution in [0.25, 0.3) is 109 Å². The van der Waals surface area contributed by atoms with Crippen LogP contribution >= 0.6 is 0 Å². The van der Waals surface area contributed by atoms with Gasteiger partial charge in [0.1, 0.15) is 0 Å². The number of rotatable bonds is 0. The fourth-order valence-electron chi connectivity index (χ4n) is 10.8. The quantitative estimate of drug-likeness (QED) is 0.136. The summed E-state index contributed by atoms with van der Waals surface area (Å²) in [6.45, 7) is 28.0. The topological polar surface area (TPSA) is 8.82 Å². The summed E-state index contributed by atoms with van der Waals surface area (Å²) in [5.41, 5.74) is 13.5. The molecule has 0 aliphatic carbocycles. The maximum absolute atomic E-state index is 2.59. The average molecular weight is 779 g/mol. The van der Waals surface area contributed by atoms with Crippen molar-refractivity contribution in [2.75, 3.05) is 0 Å². The summed E-state index contributed by atoms with van der Waals surface area (Å²) in [7, 11) is 0. The minimum atomic E-state index is 0.0111. The molecule has 0 unspecified atom stereocenters. The molecular weight excluding hydrogens is 725 g/mol. The number of hydrogen-bond acceptors (Lipinski definition) is 0. The van der Waals surface area contributed by atoms with Crippen molar-refractivity contribution in [2.24, 2.45) is 0 Å². The third kappa shape index (κ3) is 4.66. The van der Waals surface area contributed by atoms with Gasteiger partial charge in [0.25, 0.3) is 0 Å². The van der Waals surface area contributed by atoms with Crippen molar-refractivity contribution in [2.45, 2.75) is 105 Å². The van der Waals surface area contributed by atoms with E-state index in [1.807, 2.05) is 0 Å². The summed E-state index contributed by atoms with van der Waals surface area (Å²) in [5, 5.41) is 18.7. The van der Waals surface area contributed by atoms with Gasteiger partial charge in [-0.15, -0.1) is 0 Å². The van der Waals surface area contributed by atoms with Crippen LogP contribution in [0.15, 0.2) is 109 Å². The van der Waals surface area contributed by atoms with E-state index in [4.69, 9.17) is 0 Å². The van der Waals surface area contributed by atoms with E-state index in [2.05, 4.69) is 201 Å². The van der Waals surface area contributed by atoms with Crippen molar-refractivity contribution in [1.29, 1.82) is 0 Å². The zero-order valence-corrected chi connectivity index (χ0v) is 37.3. The Morgan fingerprint density at radius 3 is 0.883 bits per heavy atom. The van der Waals surface area contributed by atoms with Gasteiger partial charge in [-0.25, -0.2) is 0 Å². The maximum Gasteiger partial charge on any atom is 0.0620 e. The highest BCUT2D eigenvalue weighted by atomic mass is 14.9. The van der Waals surface area contributed by atoms with Gasteiger partial charge < -0.3 is 8.80 Å². The molecule has 8 aromatic carbocycles. The first-order chi connectivity index (χ1) is 28.3. The number of hydrogen-bond donors (Lipinski definition) is 0. The smallest absolute Gasteiger partial charge is 0.0620 e. The van der Waals surface area contributed by atoms with Gasteiger partial charge in [-0.3, -0.25) is 0 Å². The number of fused-ring (bicyclic) bond motifs is 18. The molecule has 0 saturated heterocycles. The molecule has 0 aliphatic heterocycles.